The molecular formula is C18H22N4O4. The lowest BCUT2D eigenvalue weighted by Crippen LogP contribution is -2.50. The molecular weight excluding hydrogens is 336 g/mol. The normalized spacial score (nSPS) is 14.9. The molecule has 0 unspecified atom stereocenters. The number of amides is 2. The average molecular weight is 358 g/mol. The number of hydrogen-bond donors (Lipinski definition) is 1. The molecule has 0 aliphatic carbocycles. The number of ether oxygens (including phenoxy) is 1. The van der Waals surface area contributed by atoms with Crippen molar-refractivity contribution in [2.24, 2.45) is 0 Å². The first-order valence-corrected chi connectivity index (χ1v) is 8.44. The van der Waals surface area contributed by atoms with E-state index in [4.69, 9.17) is 9.26 Å². The van der Waals surface area contributed by atoms with E-state index in [0.29, 0.717) is 49.1 Å². The quantitative estimate of drug-likeness (QED) is 0.869. The summed E-state index contributed by atoms with van der Waals surface area (Å²) in [4.78, 5) is 28.5. The molecule has 0 bridgehead atoms. The summed E-state index contributed by atoms with van der Waals surface area (Å²) in [6, 6.07) is 8.80. The van der Waals surface area contributed by atoms with Crippen LogP contribution in [-0.4, -0.2) is 66.6 Å². The third-order valence-electron chi connectivity index (χ3n) is 4.23. The minimum atomic E-state index is -0.159. The van der Waals surface area contributed by atoms with E-state index in [1.807, 2.05) is 11.0 Å². The molecule has 1 saturated heterocycles. The van der Waals surface area contributed by atoms with E-state index >= 15 is 0 Å². The smallest absolute Gasteiger partial charge is 0.254 e. The van der Waals surface area contributed by atoms with Gasteiger partial charge >= 0.3 is 0 Å². The molecule has 0 atom stereocenters. The standard InChI is InChI=1S/C18H22N4O4/c1-13-10-17(26-20-13)19-16(23)12-21-6-8-22(9-7-21)18(24)14-4-3-5-15(11-14)25-2/h3-5,10-11H,6-9,12H2,1-2H3,(H,19,23). The Morgan fingerprint density at radius 2 is 2.00 bits per heavy atom. The number of nitrogens with one attached hydrogen (secondary N) is 1. The van der Waals surface area contributed by atoms with E-state index in [2.05, 4.69) is 10.5 Å². The van der Waals surface area contributed by atoms with Gasteiger partial charge in [0.05, 0.1) is 19.3 Å². The number of carbonyl (C=O) groups excluding carboxylic acids is 2. The van der Waals surface area contributed by atoms with Gasteiger partial charge in [-0.2, -0.15) is 0 Å². The first-order chi connectivity index (χ1) is 12.5. The van der Waals surface area contributed by atoms with Gasteiger partial charge in [-0.1, -0.05) is 11.2 Å². The second kappa shape index (κ2) is 8.01. The second-order valence-electron chi connectivity index (χ2n) is 6.18. The summed E-state index contributed by atoms with van der Waals surface area (Å²) in [7, 11) is 1.58. The molecule has 1 aromatic carbocycles. The maximum Gasteiger partial charge on any atom is 0.254 e. The minimum absolute atomic E-state index is 0.0230. The molecule has 26 heavy (non-hydrogen) atoms. The summed E-state index contributed by atoms with van der Waals surface area (Å²) in [5.41, 5.74) is 1.32. The Hall–Kier alpha value is -2.87. The van der Waals surface area contributed by atoms with Crippen molar-refractivity contribution in [2.45, 2.75) is 6.92 Å². The molecule has 8 heteroatoms. The molecule has 1 fully saturated rings. The average Bonchev–Trinajstić information content (AvgIpc) is 3.06. The van der Waals surface area contributed by atoms with Gasteiger partial charge in [0, 0.05) is 37.8 Å². The fourth-order valence-electron chi connectivity index (χ4n) is 2.85. The van der Waals surface area contributed by atoms with Crippen molar-refractivity contribution < 1.29 is 18.8 Å². The van der Waals surface area contributed by atoms with E-state index in [-0.39, 0.29) is 18.4 Å². The zero-order valence-corrected chi connectivity index (χ0v) is 14.9. The highest BCUT2D eigenvalue weighted by molar-refractivity contribution is 5.94. The topological polar surface area (TPSA) is 87.9 Å². The molecule has 1 aliphatic rings. The molecule has 0 spiro atoms. The molecule has 1 aromatic heterocycles. The van der Waals surface area contributed by atoms with E-state index in [0.717, 1.165) is 0 Å². The minimum Gasteiger partial charge on any atom is -0.497 e. The summed E-state index contributed by atoms with van der Waals surface area (Å²) in [5.74, 6) is 0.826. The highest BCUT2D eigenvalue weighted by Crippen LogP contribution is 2.15. The molecule has 1 N–H and O–H groups in total. The maximum atomic E-state index is 12.6. The van der Waals surface area contributed by atoms with Crippen molar-refractivity contribution in [3.63, 3.8) is 0 Å². The lowest BCUT2D eigenvalue weighted by atomic mass is 10.1. The molecule has 2 amide bonds. The fourth-order valence-corrected chi connectivity index (χ4v) is 2.85. The Bertz CT molecular complexity index is 781. The van der Waals surface area contributed by atoms with Crippen LogP contribution in [0, 0.1) is 6.92 Å². The summed E-state index contributed by atoms with van der Waals surface area (Å²) in [5, 5.41) is 6.41. The number of hydrogen-bond acceptors (Lipinski definition) is 6. The van der Waals surface area contributed by atoms with Gasteiger partial charge in [0.25, 0.3) is 5.91 Å². The zero-order chi connectivity index (χ0) is 18.5. The summed E-state index contributed by atoms with van der Waals surface area (Å²) in [6.07, 6.45) is 0. The van der Waals surface area contributed by atoms with Gasteiger partial charge in [0.15, 0.2) is 0 Å². The van der Waals surface area contributed by atoms with E-state index in [9.17, 15) is 9.59 Å². The monoisotopic (exact) mass is 358 g/mol. The van der Waals surface area contributed by atoms with Gasteiger partial charge in [-0.3, -0.25) is 19.8 Å². The molecule has 1 aliphatic heterocycles. The molecule has 0 saturated carbocycles. The predicted molar refractivity (Wildman–Crippen MR) is 95.2 cm³/mol. The summed E-state index contributed by atoms with van der Waals surface area (Å²) in [6.45, 7) is 4.46. The van der Waals surface area contributed by atoms with Crippen LogP contribution in [-0.2, 0) is 4.79 Å². The lowest BCUT2D eigenvalue weighted by molar-refractivity contribution is -0.117. The third kappa shape index (κ3) is 4.40. The predicted octanol–water partition coefficient (Wildman–Crippen LogP) is 1.39. The Morgan fingerprint density at radius 1 is 1.23 bits per heavy atom. The maximum absolute atomic E-state index is 12.6. The highest BCUT2D eigenvalue weighted by atomic mass is 16.5. The van der Waals surface area contributed by atoms with Gasteiger partial charge in [0.2, 0.25) is 11.8 Å². The van der Waals surface area contributed by atoms with Crippen LogP contribution in [0.15, 0.2) is 34.9 Å². The van der Waals surface area contributed by atoms with Crippen LogP contribution >= 0.6 is 0 Å². The Morgan fingerprint density at radius 3 is 2.65 bits per heavy atom. The van der Waals surface area contributed by atoms with Crippen LogP contribution in [0.3, 0.4) is 0 Å². The van der Waals surface area contributed by atoms with Crippen LogP contribution in [0.2, 0.25) is 0 Å². The second-order valence-corrected chi connectivity index (χ2v) is 6.18. The Kier molecular flexibility index (Phi) is 5.52. The third-order valence-corrected chi connectivity index (χ3v) is 4.23. The number of carbonyl (C=O) groups is 2. The number of aryl methyl sites for hydroxylation is 1. The van der Waals surface area contributed by atoms with E-state index in [1.54, 1.807) is 43.2 Å². The van der Waals surface area contributed by atoms with Crippen molar-refractivity contribution in [3.8, 4) is 5.75 Å². The van der Waals surface area contributed by atoms with Crippen LogP contribution in [0.1, 0.15) is 16.1 Å². The van der Waals surface area contributed by atoms with Gasteiger partial charge in [0.1, 0.15) is 5.75 Å². The van der Waals surface area contributed by atoms with E-state index in [1.165, 1.54) is 0 Å². The lowest BCUT2D eigenvalue weighted by Gasteiger charge is -2.34. The van der Waals surface area contributed by atoms with Crippen LogP contribution in [0.4, 0.5) is 5.88 Å². The number of rotatable bonds is 5. The van der Waals surface area contributed by atoms with Gasteiger partial charge < -0.3 is 14.2 Å². The van der Waals surface area contributed by atoms with Crippen LogP contribution < -0.4 is 10.1 Å². The van der Waals surface area contributed by atoms with Crippen molar-refractivity contribution in [2.75, 3.05) is 45.2 Å². The number of methoxy groups -OCH3 is 1. The Balaban J connectivity index is 1.49. The molecule has 3 rings (SSSR count). The fraction of sp³-hybridized carbons (Fsp3) is 0.389. The first-order valence-electron chi connectivity index (χ1n) is 8.44. The van der Waals surface area contributed by atoms with Gasteiger partial charge in [-0.05, 0) is 25.1 Å². The number of nitrogens with zero attached hydrogens (tertiary/aromatic N) is 3. The zero-order valence-electron chi connectivity index (χ0n) is 14.9. The first kappa shape index (κ1) is 17.9. The summed E-state index contributed by atoms with van der Waals surface area (Å²) < 4.78 is 10.1. The number of anilines is 1. The van der Waals surface area contributed by atoms with Crippen molar-refractivity contribution in [3.05, 3.63) is 41.6 Å². The van der Waals surface area contributed by atoms with Crippen molar-refractivity contribution in [1.29, 1.82) is 0 Å². The molecule has 8 nitrogen and oxygen atoms in total. The van der Waals surface area contributed by atoms with E-state index < -0.39 is 0 Å². The summed E-state index contributed by atoms with van der Waals surface area (Å²) >= 11 is 0. The van der Waals surface area contributed by atoms with Crippen molar-refractivity contribution >= 4 is 17.7 Å². The molecule has 2 aromatic rings. The number of aromatic nitrogens is 1. The van der Waals surface area contributed by atoms with Crippen LogP contribution in [0.25, 0.3) is 0 Å². The SMILES string of the molecule is COc1cccc(C(=O)N2CCN(CC(=O)Nc3cc(C)no3)CC2)c1. The van der Waals surface area contributed by atoms with Crippen molar-refractivity contribution in [1.82, 2.24) is 15.0 Å². The number of piperazine rings is 1. The van der Waals surface area contributed by atoms with Crippen LogP contribution in [0.5, 0.6) is 5.75 Å². The highest BCUT2D eigenvalue weighted by Gasteiger charge is 2.23. The number of benzene rings is 1. The van der Waals surface area contributed by atoms with Gasteiger partial charge in [-0.25, -0.2) is 0 Å². The molecule has 0 radical (unpaired) electrons. The molecule has 138 valence electrons. The van der Waals surface area contributed by atoms with Gasteiger partial charge in [-0.15, -0.1) is 0 Å². The molecule has 2 heterocycles. The Labute approximate surface area is 151 Å². The largest absolute Gasteiger partial charge is 0.497 e.